The number of carbonyl (C=O) groups excluding carboxylic acids is 2. The largest absolute Gasteiger partial charge is 0.350 e. The lowest BCUT2D eigenvalue weighted by Crippen LogP contribution is -2.57. The van der Waals surface area contributed by atoms with Crippen LogP contribution >= 0.6 is 23.4 Å². The monoisotopic (exact) mass is 381 g/mol. The summed E-state index contributed by atoms with van der Waals surface area (Å²) < 4.78 is 0. The number of amides is 2. The highest BCUT2D eigenvalue weighted by Gasteiger charge is 2.51. The zero-order valence-electron chi connectivity index (χ0n) is 14.6. The van der Waals surface area contributed by atoms with Crippen molar-refractivity contribution in [2.75, 3.05) is 25.9 Å². The molecule has 1 aromatic carbocycles. The van der Waals surface area contributed by atoms with Crippen molar-refractivity contribution < 1.29 is 9.59 Å². The average molecular weight is 382 g/mol. The maximum absolute atomic E-state index is 12.8. The van der Waals surface area contributed by atoms with Crippen molar-refractivity contribution in [1.82, 2.24) is 15.1 Å². The fourth-order valence-corrected chi connectivity index (χ4v) is 5.49. The first-order chi connectivity index (χ1) is 11.9. The minimum atomic E-state index is -0.409. The van der Waals surface area contributed by atoms with E-state index < -0.39 is 6.04 Å². The molecule has 1 spiro atoms. The number of nitrogens with zero attached hydrogens (tertiary/aromatic N) is 2. The molecule has 2 amide bonds. The van der Waals surface area contributed by atoms with Crippen LogP contribution in [0.2, 0.25) is 5.02 Å². The zero-order chi connectivity index (χ0) is 18.0. The molecule has 2 saturated heterocycles. The van der Waals surface area contributed by atoms with Crippen molar-refractivity contribution in [2.24, 2.45) is 0 Å². The summed E-state index contributed by atoms with van der Waals surface area (Å²) >= 11 is 7.91. The highest BCUT2D eigenvalue weighted by atomic mass is 35.5. The normalized spacial score (nSPS) is 23.0. The Morgan fingerprint density at radius 3 is 2.64 bits per heavy atom. The molecule has 0 aromatic heterocycles. The fourth-order valence-electron chi connectivity index (χ4n) is 3.66. The lowest BCUT2D eigenvalue weighted by Gasteiger charge is -2.44. The standard InChI is InChI=1S/C18H24ClN3O2S/c1-13(23)22-16(12-25-18(22)7-9-21(2)10-8-18)17(24)20-11-14-5-3-4-6-15(14)19/h3-6,16H,7-12H2,1-2H3,(H,20,24). The molecule has 2 heterocycles. The average Bonchev–Trinajstić information content (AvgIpc) is 2.96. The van der Waals surface area contributed by atoms with Gasteiger partial charge >= 0.3 is 0 Å². The van der Waals surface area contributed by atoms with Gasteiger partial charge in [-0.2, -0.15) is 0 Å². The molecule has 7 heteroatoms. The Balaban J connectivity index is 1.69. The molecule has 0 saturated carbocycles. The third-order valence-corrected chi connectivity index (χ3v) is 7.08. The molecule has 1 N–H and O–H groups in total. The Morgan fingerprint density at radius 2 is 2.00 bits per heavy atom. The molecule has 25 heavy (non-hydrogen) atoms. The minimum absolute atomic E-state index is 0.0209. The first-order valence-corrected chi connectivity index (χ1v) is 9.93. The number of benzene rings is 1. The number of halogens is 1. The number of nitrogens with one attached hydrogen (secondary N) is 1. The van der Waals surface area contributed by atoms with E-state index in [0.29, 0.717) is 17.3 Å². The molecule has 2 fully saturated rings. The van der Waals surface area contributed by atoms with Crippen LogP contribution in [0.15, 0.2) is 24.3 Å². The summed E-state index contributed by atoms with van der Waals surface area (Å²) in [5.74, 6) is 0.531. The van der Waals surface area contributed by atoms with Crippen LogP contribution in [0.25, 0.3) is 0 Å². The molecular weight excluding hydrogens is 358 g/mol. The number of thioether (sulfide) groups is 1. The third-order valence-electron chi connectivity index (χ3n) is 5.08. The minimum Gasteiger partial charge on any atom is -0.350 e. The molecule has 0 radical (unpaired) electrons. The summed E-state index contributed by atoms with van der Waals surface area (Å²) in [4.78, 5) is 29.0. The molecule has 1 atom stereocenters. The van der Waals surface area contributed by atoms with Gasteiger partial charge in [-0.15, -0.1) is 11.8 Å². The van der Waals surface area contributed by atoms with E-state index in [-0.39, 0.29) is 16.7 Å². The fraction of sp³-hybridized carbons (Fsp3) is 0.556. The Hall–Kier alpha value is -1.24. The van der Waals surface area contributed by atoms with Gasteiger partial charge in [-0.05, 0) is 31.5 Å². The van der Waals surface area contributed by atoms with Crippen molar-refractivity contribution in [2.45, 2.75) is 37.2 Å². The number of piperidine rings is 1. The summed E-state index contributed by atoms with van der Waals surface area (Å²) in [6, 6.07) is 7.06. The predicted octanol–water partition coefficient (Wildman–Crippen LogP) is 2.34. The molecule has 1 unspecified atom stereocenters. The Morgan fingerprint density at radius 1 is 1.32 bits per heavy atom. The van der Waals surface area contributed by atoms with Crippen molar-refractivity contribution in [3.05, 3.63) is 34.9 Å². The lowest BCUT2D eigenvalue weighted by atomic mass is 10.0. The quantitative estimate of drug-likeness (QED) is 0.873. The summed E-state index contributed by atoms with van der Waals surface area (Å²) in [6.07, 6.45) is 1.81. The van der Waals surface area contributed by atoms with Crippen molar-refractivity contribution in [3.8, 4) is 0 Å². The topological polar surface area (TPSA) is 52.7 Å². The molecule has 0 aliphatic carbocycles. The van der Waals surface area contributed by atoms with Crippen LogP contribution in [-0.2, 0) is 16.1 Å². The van der Waals surface area contributed by atoms with Gasteiger partial charge in [0.15, 0.2) is 0 Å². The van der Waals surface area contributed by atoms with Crippen LogP contribution in [0, 0.1) is 0 Å². The lowest BCUT2D eigenvalue weighted by molar-refractivity contribution is -0.142. The van der Waals surface area contributed by atoms with Crippen LogP contribution in [0.5, 0.6) is 0 Å². The predicted molar refractivity (Wildman–Crippen MR) is 102 cm³/mol. The van der Waals surface area contributed by atoms with Crippen LogP contribution in [0.1, 0.15) is 25.3 Å². The molecule has 136 valence electrons. The van der Waals surface area contributed by atoms with Gasteiger partial charge in [-0.25, -0.2) is 0 Å². The van der Waals surface area contributed by atoms with Crippen molar-refractivity contribution in [1.29, 1.82) is 0 Å². The maximum Gasteiger partial charge on any atom is 0.243 e. The number of hydrogen-bond acceptors (Lipinski definition) is 4. The Bertz CT molecular complexity index is 661. The van der Waals surface area contributed by atoms with Crippen molar-refractivity contribution in [3.63, 3.8) is 0 Å². The summed E-state index contributed by atoms with van der Waals surface area (Å²) in [6.45, 7) is 3.84. The molecule has 3 rings (SSSR count). The highest BCUT2D eigenvalue weighted by Crippen LogP contribution is 2.46. The van der Waals surface area contributed by atoms with E-state index in [1.54, 1.807) is 18.7 Å². The van der Waals surface area contributed by atoms with Crippen LogP contribution < -0.4 is 5.32 Å². The van der Waals surface area contributed by atoms with Crippen LogP contribution in [0.4, 0.5) is 0 Å². The van der Waals surface area contributed by atoms with E-state index in [1.165, 1.54) is 0 Å². The van der Waals surface area contributed by atoms with Crippen LogP contribution in [-0.4, -0.2) is 58.4 Å². The molecule has 5 nitrogen and oxygen atoms in total. The molecule has 2 aliphatic heterocycles. The number of hydrogen-bond donors (Lipinski definition) is 1. The number of likely N-dealkylation sites (tertiary alicyclic amines) is 1. The zero-order valence-corrected chi connectivity index (χ0v) is 16.2. The van der Waals surface area contributed by atoms with E-state index in [9.17, 15) is 9.59 Å². The van der Waals surface area contributed by atoms with Gasteiger partial charge in [-0.3, -0.25) is 9.59 Å². The second-order valence-corrected chi connectivity index (χ2v) is 8.56. The highest BCUT2D eigenvalue weighted by molar-refractivity contribution is 8.01. The van der Waals surface area contributed by atoms with Crippen LogP contribution in [0.3, 0.4) is 0 Å². The van der Waals surface area contributed by atoms with E-state index in [1.807, 2.05) is 29.2 Å². The van der Waals surface area contributed by atoms with Gasteiger partial charge in [0, 0.05) is 37.3 Å². The van der Waals surface area contributed by atoms with E-state index in [4.69, 9.17) is 11.6 Å². The SMILES string of the molecule is CC(=O)N1C(C(=O)NCc2ccccc2Cl)CSC12CCN(C)CC2. The summed E-state index contributed by atoms with van der Waals surface area (Å²) in [5, 5.41) is 3.59. The van der Waals surface area contributed by atoms with E-state index in [0.717, 1.165) is 31.5 Å². The van der Waals surface area contributed by atoms with E-state index in [2.05, 4.69) is 17.3 Å². The maximum atomic E-state index is 12.8. The third kappa shape index (κ3) is 3.81. The Kier molecular flexibility index (Phi) is 5.61. The first-order valence-electron chi connectivity index (χ1n) is 8.56. The van der Waals surface area contributed by atoms with Gasteiger partial charge in [0.2, 0.25) is 11.8 Å². The van der Waals surface area contributed by atoms with Gasteiger partial charge in [-0.1, -0.05) is 29.8 Å². The molecule has 1 aromatic rings. The smallest absolute Gasteiger partial charge is 0.243 e. The molecule has 2 aliphatic rings. The number of carbonyl (C=O) groups is 2. The summed E-state index contributed by atoms with van der Waals surface area (Å²) in [5.41, 5.74) is 0.881. The summed E-state index contributed by atoms with van der Waals surface area (Å²) in [7, 11) is 2.10. The Labute approximate surface area is 158 Å². The van der Waals surface area contributed by atoms with Gasteiger partial charge in [0.25, 0.3) is 0 Å². The van der Waals surface area contributed by atoms with E-state index >= 15 is 0 Å². The molecule has 0 bridgehead atoms. The number of rotatable bonds is 3. The first kappa shape index (κ1) is 18.5. The molecular formula is C18H24ClN3O2S. The second kappa shape index (κ2) is 7.56. The van der Waals surface area contributed by atoms with Crippen molar-refractivity contribution >= 4 is 35.2 Å². The van der Waals surface area contributed by atoms with Gasteiger partial charge in [0.1, 0.15) is 6.04 Å². The second-order valence-electron chi connectivity index (χ2n) is 6.77. The van der Waals surface area contributed by atoms with Gasteiger partial charge in [0.05, 0.1) is 4.87 Å². The van der Waals surface area contributed by atoms with Gasteiger partial charge < -0.3 is 15.1 Å².